The maximum absolute atomic E-state index is 12.2. The molecule has 2 amide bonds. The summed E-state index contributed by atoms with van der Waals surface area (Å²) in [6, 6.07) is 17.4. The van der Waals surface area contributed by atoms with Crippen LogP contribution in [0, 0.1) is 13.8 Å². The van der Waals surface area contributed by atoms with Gasteiger partial charge in [-0.1, -0.05) is 23.7 Å². The minimum Gasteiger partial charge on any atom is -0.493 e. The van der Waals surface area contributed by atoms with Crippen molar-refractivity contribution in [3.8, 4) is 11.5 Å². The molecule has 3 aromatic carbocycles. The Hall–Kier alpha value is -3.84. The first-order chi connectivity index (χ1) is 15.9. The van der Waals surface area contributed by atoms with E-state index in [0.717, 1.165) is 11.1 Å². The van der Waals surface area contributed by atoms with Crippen LogP contribution in [0.4, 0.5) is 5.69 Å². The number of hydrogen-bond acceptors (Lipinski definition) is 5. The first-order valence-electron chi connectivity index (χ1n) is 10.1. The topological polar surface area (TPSA) is 89.0 Å². The number of amides is 2. The average Bonchev–Trinajstić information content (AvgIpc) is 2.80. The predicted octanol–water partition coefficient (Wildman–Crippen LogP) is 4.75. The van der Waals surface area contributed by atoms with Crippen molar-refractivity contribution in [2.24, 2.45) is 5.10 Å². The lowest BCUT2D eigenvalue weighted by atomic mass is 10.1. The van der Waals surface area contributed by atoms with E-state index in [1.54, 1.807) is 42.5 Å². The number of hydrogen-bond donors (Lipinski definition) is 2. The summed E-state index contributed by atoms with van der Waals surface area (Å²) in [5, 5.41) is 7.24. The minimum absolute atomic E-state index is 0.174. The predicted molar refractivity (Wildman–Crippen MR) is 130 cm³/mol. The standard InChI is InChI=1S/C25H24ClN3O4/c1-16-7-9-21(11-17(16)2)28-24(30)15-33-22-10-8-18(12-23(22)32-3)14-27-29-25(31)19-5-4-6-20(26)13-19/h4-14H,15H2,1-3H3,(H,28,30)(H,29,31)/b27-14-. The monoisotopic (exact) mass is 465 g/mol. The van der Waals surface area contributed by atoms with Crippen molar-refractivity contribution >= 4 is 35.3 Å². The normalized spacial score (nSPS) is 10.7. The fourth-order valence-corrected chi connectivity index (χ4v) is 3.09. The van der Waals surface area contributed by atoms with E-state index in [1.807, 2.05) is 32.0 Å². The van der Waals surface area contributed by atoms with Gasteiger partial charge in [0.2, 0.25) is 0 Å². The average molecular weight is 466 g/mol. The van der Waals surface area contributed by atoms with Crippen LogP contribution in [-0.2, 0) is 4.79 Å². The maximum atomic E-state index is 12.2. The molecule has 7 nitrogen and oxygen atoms in total. The number of aryl methyl sites for hydroxylation is 2. The Kier molecular flexibility index (Phi) is 8.05. The molecule has 0 aliphatic rings. The molecule has 170 valence electrons. The van der Waals surface area contributed by atoms with Crippen molar-refractivity contribution in [2.75, 3.05) is 19.0 Å². The van der Waals surface area contributed by atoms with Gasteiger partial charge in [-0.2, -0.15) is 5.10 Å². The van der Waals surface area contributed by atoms with Gasteiger partial charge in [0.1, 0.15) is 0 Å². The molecule has 0 aliphatic heterocycles. The Balaban J connectivity index is 1.57. The minimum atomic E-state index is -0.379. The van der Waals surface area contributed by atoms with E-state index in [9.17, 15) is 9.59 Å². The number of nitrogens with zero attached hydrogens (tertiary/aromatic N) is 1. The van der Waals surface area contributed by atoms with E-state index < -0.39 is 0 Å². The van der Waals surface area contributed by atoms with Gasteiger partial charge in [0.15, 0.2) is 18.1 Å². The molecule has 0 atom stereocenters. The van der Waals surface area contributed by atoms with Crippen LogP contribution in [0.2, 0.25) is 5.02 Å². The van der Waals surface area contributed by atoms with Crippen molar-refractivity contribution in [1.82, 2.24) is 5.43 Å². The van der Waals surface area contributed by atoms with Gasteiger partial charge in [0, 0.05) is 16.3 Å². The fraction of sp³-hybridized carbons (Fsp3) is 0.160. The molecular formula is C25H24ClN3O4. The molecule has 0 fully saturated rings. The van der Waals surface area contributed by atoms with Gasteiger partial charge in [0.25, 0.3) is 11.8 Å². The summed E-state index contributed by atoms with van der Waals surface area (Å²) in [6.45, 7) is 3.82. The van der Waals surface area contributed by atoms with E-state index in [4.69, 9.17) is 21.1 Å². The Morgan fingerprint density at radius 3 is 2.55 bits per heavy atom. The molecule has 0 unspecified atom stereocenters. The summed E-state index contributed by atoms with van der Waals surface area (Å²) < 4.78 is 11.0. The van der Waals surface area contributed by atoms with Crippen LogP contribution < -0.4 is 20.2 Å². The largest absolute Gasteiger partial charge is 0.493 e. The number of benzene rings is 3. The van der Waals surface area contributed by atoms with Crippen molar-refractivity contribution < 1.29 is 19.1 Å². The van der Waals surface area contributed by atoms with Crippen molar-refractivity contribution in [1.29, 1.82) is 0 Å². The Bertz CT molecular complexity index is 1190. The van der Waals surface area contributed by atoms with E-state index in [-0.39, 0.29) is 18.4 Å². The molecule has 0 heterocycles. The molecule has 0 saturated heterocycles. The number of hydrazone groups is 1. The van der Waals surface area contributed by atoms with Gasteiger partial charge in [-0.05, 0) is 79.1 Å². The van der Waals surface area contributed by atoms with Crippen LogP contribution in [0.3, 0.4) is 0 Å². The number of methoxy groups -OCH3 is 1. The molecule has 0 aromatic heterocycles. The van der Waals surface area contributed by atoms with Gasteiger partial charge in [-0.15, -0.1) is 0 Å². The zero-order valence-electron chi connectivity index (χ0n) is 18.5. The van der Waals surface area contributed by atoms with Crippen molar-refractivity contribution in [2.45, 2.75) is 13.8 Å². The first-order valence-corrected chi connectivity index (χ1v) is 10.5. The third-order valence-electron chi connectivity index (χ3n) is 4.80. The van der Waals surface area contributed by atoms with Crippen LogP contribution in [0.5, 0.6) is 11.5 Å². The van der Waals surface area contributed by atoms with Crippen molar-refractivity contribution in [3.05, 3.63) is 87.9 Å². The lowest BCUT2D eigenvalue weighted by Crippen LogP contribution is -2.20. The van der Waals surface area contributed by atoms with Gasteiger partial charge in [0.05, 0.1) is 13.3 Å². The number of carbonyl (C=O) groups excluding carboxylic acids is 2. The molecule has 8 heteroatoms. The van der Waals surface area contributed by atoms with Gasteiger partial charge < -0.3 is 14.8 Å². The second-order valence-corrected chi connectivity index (χ2v) is 7.69. The van der Waals surface area contributed by atoms with Crippen LogP contribution >= 0.6 is 11.6 Å². The fourth-order valence-electron chi connectivity index (χ4n) is 2.90. The molecule has 2 N–H and O–H groups in total. The van der Waals surface area contributed by atoms with Crippen LogP contribution in [-0.4, -0.2) is 31.7 Å². The Labute approximate surface area is 197 Å². The van der Waals surface area contributed by atoms with Gasteiger partial charge in [-0.25, -0.2) is 5.43 Å². The molecule has 3 aromatic rings. The summed E-state index contributed by atoms with van der Waals surface area (Å²) in [7, 11) is 1.50. The second-order valence-electron chi connectivity index (χ2n) is 7.26. The number of nitrogens with one attached hydrogen (secondary N) is 2. The third-order valence-corrected chi connectivity index (χ3v) is 5.04. The first kappa shape index (κ1) is 23.8. The van der Waals surface area contributed by atoms with Gasteiger partial charge >= 0.3 is 0 Å². The zero-order chi connectivity index (χ0) is 23.8. The summed E-state index contributed by atoms with van der Waals surface area (Å²) in [5.74, 6) is 0.178. The van der Waals surface area contributed by atoms with Crippen LogP contribution in [0.15, 0.2) is 65.8 Å². The molecule has 33 heavy (non-hydrogen) atoms. The van der Waals surface area contributed by atoms with E-state index >= 15 is 0 Å². The van der Waals surface area contributed by atoms with E-state index in [1.165, 1.54) is 13.3 Å². The Morgan fingerprint density at radius 1 is 1.00 bits per heavy atom. The smallest absolute Gasteiger partial charge is 0.271 e. The molecule has 3 rings (SSSR count). The molecule has 0 bridgehead atoms. The molecule has 0 spiro atoms. The summed E-state index contributed by atoms with van der Waals surface area (Å²) >= 11 is 5.90. The van der Waals surface area contributed by atoms with Crippen molar-refractivity contribution in [3.63, 3.8) is 0 Å². The number of ether oxygens (including phenoxy) is 2. The van der Waals surface area contributed by atoms with E-state index in [2.05, 4.69) is 15.8 Å². The quantitative estimate of drug-likeness (QED) is 0.371. The number of carbonyl (C=O) groups is 2. The Morgan fingerprint density at radius 2 is 1.82 bits per heavy atom. The zero-order valence-corrected chi connectivity index (χ0v) is 19.3. The highest BCUT2D eigenvalue weighted by atomic mass is 35.5. The highest BCUT2D eigenvalue weighted by molar-refractivity contribution is 6.30. The number of anilines is 1. The number of rotatable bonds is 8. The van der Waals surface area contributed by atoms with E-state index in [0.29, 0.717) is 33.3 Å². The SMILES string of the molecule is COc1cc(/C=N\NC(=O)c2cccc(Cl)c2)ccc1OCC(=O)Nc1ccc(C)c(C)c1. The summed E-state index contributed by atoms with van der Waals surface area (Å²) in [4.78, 5) is 24.4. The highest BCUT2D eigenvalue weighted by Crippen LogP contribution is 2.27. The lowest BCUT2D eigenvalue weighted by molar-refractivity contribution is -0.118. The highest BCUT2D eigenvalue weighted by Gasteiger charge is 2.10. The second kappa shape index (κ2) is 11.2. The summed E-state index contributed by atoms with van der Waals surface area (Å²) in [6.07, 6.45) is 1.47. The van der Waals surface area contributed by atoms with Crippen LogP contribution in [0.1, 0.15) is 27.0 Å². The third kappa shape index (κ3) is 6.82. The molecule has 0 aliphatic carbocycles. The molecule has 0 radical (unpaired) electrons. The maximum Gasteiger partial charge on any atom is 0.271 e. The van der Waals surface area contributed by atoms with Crippen LogP contribution in [0.25, 0.3) is 0 Å². The lowest BCUT2D eigenvalue weighted by Gasteiger charge is -2.12. The molecular weight excluding hydrogens is 442 g/mol. The number of halogens is 1. The van der Waals surface area contributed by atoms with Gasteiger partial charge in [-0.3, -0.25) is 9.59 Å². The molecule has 0 saturated carbocycles. The summed E-state index contributed by atoms with van der Waals surface area (Å²) in [5.41, 5.74) is 6.48.